The van der Waals surface area contributed by atoms with Gasteiger partial charge in [0, 0.05) is 36.0 Å². The molecule has 0 aliphatic carbocycles. The van der Waals surface area contributed by atoms with E-state index in [2.05, 4.69) is 4.98 Å². The van der Waals surface area contributed by atoms with Crippen molar-refractivity contribution in [3.63, 3.8) is 0 Å². The van der Waals surface area contributed by atoms with E-state index in [4.69, 9.17) is 11.6 Å². The van der Waals surface area contributed by atoms with Gasteiger partial charge in [0.2, 0.25) is 0 Å². The van der Waals surface area contributed by atoms with Crippen molar-refractivity contribution in [2.45, 2.75) is 11.8 Å². The van der Waals surface area contributed by atoms with Crippen LogP contribution < -0.4 is 0 Å². The fraction of sp³-hybridized carbons (Fsp3) is 0.154. The molecule has 0 aliphatic rings. The van der Waals surface area contributed by atoms with E-state index in [0.717, 1.165) is 0 Å². The summed E-state index contributed by atoms with van der Waals surface area (Å²) >= 11 is 5.96. The summed E-state index contributed by atoms with van der Waals surface area (Å²) in [5.41, 5.74) is 0.282. The lowest BCUT2D eigenvalue weighted by Gasteiger charge is -2.11. The predicted octanol–water partition coefficient (Wildman–Crippen LogP) is 4.02. The van der Waals surface area contributed by atoms with E-state index in [1.807, 2.05) is 0 Å². The molecule has 0 saturated heterocycles. The number of halogens is 4. The highest BCUT2D eigenvalue weighted by Crippen LogP contribution is 2.29. The molecule has 0 N–H and O–H groups in total. The molecule has 1 unspecified atom stereocenters. The van der Waals surface area contributed by atoms with Crippen LogP contribution in [0.3, 0.4) is 0 Å². The molecule has 5 heteroatoms. The fourth-order valence-electron chi connectivity index (χ4n) is 1.66. The van der Waals surface area contributed by atoms with Gasteiger partial charge in [-0.1, -0.05) is 6.07 Å². The second kappa shape index (κ2) is 5.40. The van der Waals surface area contributed by atoms with E-state index in [1.54, 1.807) is 24.4 Å². The minimum atomic E-state index is -0.983. The number of nitrogens with zero attached hydrogens (tertiary/aromatic N) is 1. The fourth-order valence-corrected chi connectivity index (χ4v) is 2.02. The zero-order valence-electron chi connectivity index (χ0n) is 9.21. The molecule has 0 bridgehead atoms. The maximum atomic E-state index is 13.5. The van der Waals surface area contributed by atoms with Crippen molar-refractivity contribution in [3.8, 4) is 0 Å². The standard InChI is InChI=1S/C13H9ClF3N/c14-10(7-9-3-1-2-4-18-9)13-11(16)5-8(15)6-12(13)17/h1-6,10H,7H2. The maximum Gasteiger partial charge on any atom is 0.133 e. The van der Waals surface area contributed by atoms with Crippen molar-refractivity contribution in [1.29, 1.82) is 0 Å². The average molecular weight is 272 g/mol. The highest BCUT2D eigenvalue weighted by molar-refractivity contribution is 6.20. The molecule has 1 atom stereocenters. The Morgan fingerprint density at radius 2 is 1.78 bits per heavy atom. The number of rotatable bonds is 3. The molecular weight excluding hydrogens is 263 g/mol. The first-order chi connectivity index (χ1) is 8.58. The Kier molecular flexibility index (Phi) is 3.87. The van der Waals surface area contributed by atoms with Crippen molar-refractivity contribution in [2.75, 3.05) is 0 Å². The maximum absolute atomic E-state index is 13.5. The Labute approximate surface area is 107 Å². The first-order valence-corrected chi connectivity index (χ1v) is 5.70. The third-order valence-electron chi connectivity index (χ3n) is 2.47. The van der Waals surface area contributed by atoms with Crippen LogP contribution in [0.2, 0.25) is 0 Å². The normalized spacial score (nSPS) is 12.4. The summed E-state index contributed by atoms with van der Waals surface area (Å²) in [5.74, 6) is -2.93. The van der Waals surface area contributed by atoms with Crippen molar-refractivity contribution in [2.24, 2.45) is 0 Å². The molecule has 0 spiro atoms. The molecular formula is C13H9ClF3N. The van der Waals surface area contributed by atoms with Gasteiger partial charge in [0.05, 0.1) is 5.38 Å². The van der Waals surface area contributed by atoms with Gasteiger partial charge in [-0.15, -0.1) is 11.6 Å². The van der Waals surface area contributed by atoms with Gasteiger partial charge in [-0.2, -0.15) is 0 Å². The van der Waals surface area contributed by atoms with E-state index >= 15 is 0 Å². The van der Waals surface area contributed by atoms with Crippen molar-refractivity contribution in [1.82, 2.24) is 4.98 Å². The van der Waals surface area contributed by atoms with E-state index in [9.17, 15) is 13.2 Å². The van der Waals surface area contributed by atoms with Gasteiger partial charge in [-0.05, 0) is 12.1 Å². The molecule has 0 aliphatic heterocycles. The van der Waals surface area contributed by atoms with Gasteiger partial charge in [-0.3, -0.25) is 4.98 Å². The zero-order chi connectivity index (χ0) is 13.1. The molecule has 2 aromatic rings. The Balaban J connectivity index is 2.27. The minimum absolute atomic E-state index is 0.169. The third kappa shape index (κ3) is 2.82. The highest BCUT2D eigenvalue weighted by Gasteiger charge is 2.20. The molecule has 1 heterocycles. The Bertz CT molecular complexity index is 522. The molecule has 0 amide bonds. The average Bonchev–Trinajstić information content (AvgIpc) is 2.28. The Morgan fingerprint density at radius 3 is 2.33 bits per heavy atom. The molecule has 1 aromatic heterocycles. The molecule has 0 radical (unpaired) electrons. The van der Waals surface area contributed by atoms with Crippen molar-refractivity contribution in [3.05, 3.63) is 65.2 Å². The largest absolute Gasteiger partial charge is 0.261 e. The molecule has 1 nitrogen and oxygen atoms in total. The molecule has 2 rings (SSSR count). The van der Waals surface area contributed by atoms with Gasteiger partial charge in [0.1, 0.15) is 17.5 Å². The van der Waals surface area contributed by atoms with Crippen LogP contribution in [-0.4, -0.2) is 4.98 Å². The number of benzene rings is 1. The lowest BCUT2D eigenvalue weighted by molar-refractivity contribution is 0.520. The van der Waals surface area contributed by atoms with E-state index in [1.165, 1.54) is 0 Å². The summed E-state index contributed by atoms with van der Waals surface area (Å²) in [6, 6.07) is 6.42. The lowest BCUT2D eigenvalue weighted by atomic mass is 10.1. The van der Waals surface area contributed by atoms with Crippen LogP contribution >= 0.6 is 11.6 Å². The smallest absolute Gasteiger partial charge is 0.133 e. The zero-order valence-corrected chi connectivity index (χ0v) is 9.96. The molecule has 94 valence electrons. The number of pyridine rings is 1. The van der Waals surface area contributed by atoms with Crippen LogP contribution in [0.5, 0.6) is 0 Å². The topological polar surface area (TPSA) is 12.9 Å². The first-order valence-electron chi connectivity index (χ1n) is 5.26. The number of aromatic nitrogens is 1. The van der Waals surface area contributed by atoms with Gasteiger partial charge in [0.25, 0.3) is 0 Å². The predicted molar refractivity (Wildman–Crippen MR) is 62.9 cm³/mol. The van der Waals surface area contributed by atoms with Crippen LogP contribution in [-0.2, 0) is 6.42 Å². The second-order valence-electron chi connectivity index (χ2n) is 3.78. The Morgan fingerprint density at radius 1 is 1.11 bits per heavy atom. The second-order valence-corrected chi connectivity index (χ2v) is 4.30. The third-order valence-corrected chi connectivity index (χ3v) is 2.84. The van der Waals surface area contributed by atoms with Gasteiger partial charge in [-0.25, -0.2) is 13.2 Å². The summed E-state index contributed by atoms with van der Waals surface area (Å²) in [7, 11) is 0. The van der Waals surface area contributed by atoms with Crippen LogP contribution in [0.4, 0.5) is 13.2 Å². The first kappa shape index (κ1) is 12.9. The monoisotopic (exact) mass is 271 g/mol. The van der Waals surface area contributed by atoms with Crippen LogP contribution in [0.1, 0.15) is 16.6 Å². The van der Waals surface area contributed by atoms with Crippen LogP contribution in [0, 0.1) is 17.5 Å². The SMILES string of the molecule is Fc1cc(F)c(C(Cl)Cc2ccccn2)c(F)c1. The Hall–Kier alpha value is -1.55. The van der Waals surface area contributed by atoms with Crippen molar-refractivity contribution < 1.29 is 13.2 Å². The number of alkyl halides is 1. The summed E-state index contributed by atoms with van der Waals surface area (Å²) in [6.07, 6.45) is 1.73. The number of hydrogen-bond acceptors (Lipinski definition) is 1. The molecule has 0 fully saturated rings. The summed E-state index contributed by atoms with van der Waals surface area (Å²) < 4.78 is 39.7. The molecule has 18 heavy (non-hydrogen) atoms. The van der Waals surface area contributed by atoms with Gasteiger partial charge < -0.3 is 0 Å². The van der Waals surface area contributed by atoms with Crippen molar-refractivity contribution >= 4 is 11.6 Å². The minimum Gasteiger partial charge on any atom is -0.261 e. The van der Waals surface area contributed by atoms with Crippen LogP contribution in [0.15, 0.2) is 36.5 Å². The summed E-state index contributed by atoms with van der Waals surface area (Å²) in [5, 5.41) is -0.930. The summed E-state index contributed by atoms with van der Waals surface area (Å²) in [4.78, 5) is 4.02. The van der Waals surface area contributed by atoms with Gasteiger partial charge >= 0.3 is 0 Å². The van der Waals surface area contributed by atoms with E-state index in [0.29, 0.717) is 17.8 Å². The van der Waals surface area contributed by atoms with Gasteiger partial charge in [0.15, 0.2) is 0 Å². The number of hydrogen-bond donors (Lipinski definition) is 0. The quantitative estimate of drug-likeness (QED) is 0.768. The molecule has 0 saturated carbocycles. The highest BCUT2D eigenvalue weighted by atomic mass is 35.5. The van der Waals surface area contributed by atoms with E-state index < -0.39 is 22.8 Å². The lowest BCUT2D eigenvalue weighted by Crippen LogP contribution is -2.04. The van der Waals surface area contributed by atoms with Crippen LogP contribution in [0.25, 0.3) is 0 Å². The molecule has 1 aromatic carbocycles. The summed E-state index contributed by atoms with van der Waals surface area (Å²) in [6.45, 7) is 0. The van der Waals surface area contributed by atoms with E-state index in [-0.39, 0.29) is 12.0 Å².